The largest absolute Gasteiger partial charge is 0.378 e. The Hall–Kier alpha value is 0.880. The number of hydrogen-bond acceptors (Lipinski definition) is 2. The van der Waals surface area contributed by atoms with Crippen molar-refractivity contribution in [1.29, 1.82) is 0 Å². The zero-order chi connectivity index (χ0) is 7.66. The first-order chi connectivity index (χ1) is 4.91. The Kier molecular flexibility index (Phi) is 10.7. The second kappa shape index (κ2) is 9.88. The molecule has 0 saturated carbocycles. The molecule has 4 heteroatoms. The van der Waals surface area contributed by atoms with Crippen molar-refractivity contribution in [3.8, 4) is 0 Å². The maximum absolute atomic E-state index is 5.07. The molecule has 0 aromatic carbocycles. The van der Waals surface area contributed by atoms with E-state index in [2.05, 4.69) is 31.9 Å². The lowest BCUT2D eigenvalue weighted by molar-refractivity contribution is 0.0683. The molecule has 0 N–H and O–H groups in total. The fraction of sp³-hybridized carbons (Fsp3) is 0.667. The Morgan fingerprint density at radius 2 is 1.30 bits per heavy atom. The van der Waals surface area contributed by atoms with Crippen LogP contribution in [-0.4, -0.2) is 26.4 Å². The Morgan fingerprint density at radius 1 is 0.900 bits per heavy atom. The summed E-state index contributed by atoms with van der Waals surface area (Å²) in [6.07, 6.45) is 0. The Bertz CT molecular complexity index is 53.7. The van der Waals surface area contributed by atoms with Gasteiger partial charge < -0.3 is 9.47 Å². The number of ether oxygens (including phenoxy) is 2. The van der Waals surface area contributed by atoms with E-state index in [-0.39, 0.29) is 0 Å². The van der Waals surface area contributed by atoms with E-state index >= 15 is 0 Å². The van der Waals surface area contributed by atoms with Crippen molar-refractivity contribution < 1.29 is 9.47 Å². The minimum Gasteiger partial charge on any atom is -0.378 e. The topological polar surface area (TPSA) is 18.5 Å². The standard InChI is InChI=1S/C6H10Br2O2/c7-1-3-9-5-6-10-4-2-8/h1-2H,3-6H2. The van der Waals surface area contributed by atoms with Gasteiger partial charge in [0.15, 0.2) is 0 Å². The quantitative estimate of drug-likeness (QED) is 0.662. The van der Waals surface area contributed by atoms with Crippen LogP contribution in [0.5, 0.6) is 0 Å². The Morgan fingerprint density at radius 3 is 1.60 bits per heavy atom. The predicted octanol–water partition coefficient (Wildman–Crippen LogP) is 2.13. The molecule has 0 aliphatic carbocycles. The summed E-state index contributed by atoms with van der Waals surface area (Å²) in [5.41, 5.74) is 0. The molecule has 0 bridgehead atoms. The molecule has 60 valence electrons. The van der Waals surface area contributed by atoms with Crippen molar-refractivity contribution in [1.82, 2.24) is 0 Å². The van der Waals surface area contributed by atoms with E-state index in [0.29, 0.717) is 26.4 Å². The molecule has 0 aromatic rings. The highest BCUT2D eigenvalue weighted by Gasteiger charge is 1.87. The molecule has 0 heterocycles. The molecular weight excluding hydrogens is 264 g/mol. The Balaban J connectivity index is 2.65. The third kappa shape index (κ3) is 8.88. The van der Waals surface area contributed by atoms with Crippen LogP contribution in [0.15, 0.2) is 0 Å². The first-order valence-electron chi connectivity index (χ1n) is 2.91. The van der Waals surface area contributed by atoms with Crippen molar-refractivity contribution in [2.45, 2.75) is 0 Å². The van der Waals surface area contributed by atoms with E-state index in [1.165, 1.54) is 0 Å². The minimum absolute atomic E-state index is 0.626. The molecule has 0 atom stereocenters. The average molecular weight is 274 g/mol. The van der Waals surface area contributed by atoms with Crippen LogP contribution in [0.3, 0.4) is 0 Å². The van der Waals surface area contributed by atoms with E-state index in [9.17, 15) is 0 Å². The van der Waals surface area contributed by atoms with Gasteiger partial charge in [-0.15, -0.1) is 0 Å². The molecule has 0 fully saturated rings. The molecule has 0 aliphatic heterocycles. The molecule has 0 rings (SSSR count). The molecule has 2 nitrogen and oxygen atoms in total. The fourth-order valence-corrected chi connectivity index (χ4v) is 0.747. The van der Waals surface area contributed by atoms with E-state index in [0.717, 1.165) is 0 Å². The Labute approximate surface area is 78.5 Å². The van der Waals surface area contributed by atoms with E-state index in [4.69, 9.17) is 9.47 Å². The number of hydrogen-bond donors (Lipinski definition) is 0. The van der Waals surface area contributed by atoms with Crippen molar-refractivity contribution in [2.75, 3.05) is 26.4 Å². The van der Waals surface area contributed by atoms with Gasteiger partial charge in [0.05, 0.1) is 37.1 Å². The van der Waals surface area contributed by atoms with Gasteiger partial charge in [-0.1, -0.05) is 31.9 Å². The van der Waals surface area contributed by atoms with Crippen molar-refractivity contribution in [2.24, 2.45) is 0 Å². The molecular formula is C6H10Br2O2. The van der Waals surface area contributed by atoms with E-state index in [1.54, 1.807) is 10.7 Å². The predicted molar refractivity (Wildman–Crippen MR) is 48.1 cm³/mol. The van der Waals surface area contributed by atoms with Gasteiger partial charge >= 0.3 is 0 Å². The van der Waals surface area contributed by atoms with Gasteiger partial charge in [-0.05, 0) is 0 Å². The second-order valence-corrected chi connectivity index (χ2v) is 2.75. The average Bonchev–Trinajstić information content (AvgIpc) is 1.97. The SMILES string of the molecule is Br[CH]COCCOC[CH]Br. The third-order valence-corrected chi connectivity index (χ3v) is 1.26. The van der Waals surface area contributed by atoms with Crippen LogP contribution in [0, 0.1) is 10.7 Å². The normalized spacial score (nSPS) is 10.2. The van der Waals surface area contributed by atoms with Crippen molar-refractivity contribution in [3.63, 3.8) is 0 Å². The van der Waals surface area contributed by atoms with Crippen LogP contribution >= 0.6 is 31.9 Å². The highest BCUT2D eigenvalue weighted by Crippen LogP contribution is 1.90. The lowest BCUT2D eigenvalue weighted by Gasteiger charge is -2.01. The highest BCUT2D eigenvalue weighted by molar-refractivity contribution is 9.10. The summed E-state index contributed by atoms with van der Waals surface area (Å²) >= 11 is 6.26. The summed E-state index contributed by atoms with van der Waals surface area (Å²) in [4.78, 5) is 0. The van der Waals surface area contributed by atoms with Crippen LogP contribution in [0.2, 0.25) is 0 Å². The summed E-state index contributed by atoms with van der Waals surface area (Å²) in [6, 6.07) is 0. The highest BCUT2D eigenvalue weighted by atomic mass is 79.9. The van der Waals surface area contributed by atoms with Crippen LogP contribution in [-0.2, 0) is 9.47 Å². The van der Waals surface area contributed by atoms with Gasteiger partial charge in [-0.25, -0.2) is 0 Å². The zero-order valence-electron chi connectivity index (χ0n) is 5.56. The fourth-order valence-electron chi connectivity index (χ4n) is 0.374. The molecule has 0 aliphatic rings. The van der Waals surface area contributed by atoms with Crippen LogP contribution in [0.1, 0.15) is 0 Å². The summed E-state index contributed by atoms with van der Waals surface area (Å²) in [5.74, 6) is 0. The molecule has 0 spiro atoms. The second-order valence-electron chi connectivity index (χ2n) is 1.46. The molecule has 0 aromatic heterocycles. The number of halogens is 2. The van der Waals surface area contributed by atoms with Gasteiger partial charge in [0, 0.05) is 0 Å². The summed E-state index contributed by atoms with van der Waals surface area (Å²) < 4.78 is 10.1. The van der Waals surface area contributed by atoms with E-state index in [1.807, 2.05) is 0 Å². The molecule has 2 radical (unpaired) electrons. The number of rotatable bonds is 7. The van der Waals surface area contributed by atoms with Crippen LogP contribution < -0.4 is 0 Å². The molecule has 0 amide bonds. The zero-order valence-corrected chi connectivity index (χ0v) is 8.73. The smallest absolute Gasteiger partial charge is 0.0701 e. The van der Waals surface area contributed by atoms with Crippen LogP contribution in [0.25, 0.3) is 0 Å². The van der Waals surface area contributed by atoms with Crippen molar-refractivity contribution >= 4 is 31.9 Å². The maximum Gasteiger partial charge on any atom is 0.0701 e. The third-order valence-electron chi connectivity index (χ3n) is 0.734. The summed E-state index contributed by atoms with van der Waals surface area (Å²) in [7, 11) is 0. The van der Waals surface area contributed by atoms with E-state index < -0.39 is 0 Å². The van der Waals surface area contributed by atoms with Gasteiger partial charge in [0.2, 0.25) is 0 Å². The first kappa shape index (κ1) is 10.9. The summed E-state index contributed by atoms with van der Waals surface area (Å²) in [6.45, 7) is 2.54. The van der Waals surface area contributed by atoms with Crippen LogP contribution in [0.4, 0.5) is 0 Å². The first-order valence-corrected chi connectivity index (χ1v) is 4.74. The van der Waals surface area contributed by atoms with Crippen molar-refractivity contribution in [3.05, 3.63) is 10.7 Å². The maximum atomic E-state index is 5.07. The lowest BCUT2D eigenvalue weighted by atomic mass is 10.7. The molecule has 0 saturated heterocycles. The van der Waals surface area contributed by atoms with Gasteiger partial charge in [-0.3, -0.25) is 0 Å². The van der Waals surface area contributed by atoms with Gasteiger partial charge in [0.1, 0.15) is 0 Å². The lowest BCUT2D eigenvalue weighted by Crippen LogP contribution is -2.04. The van der Waals surface area contributed by atoms with Gasteiger partial charge in [-0.2, -0.15) is 0 Å². The molecule has 0 unspecified atom stereocenters. The minimum atomic E-state index is 0.626. The monoisotopic (exact) mass is 272 g/mol. The molecule has 10 heavy (non-hydrogen) atoms. The van der Waals surface area contributed by atoms with Gasteiger partial charge in [0.25, 0.3) is 0 Å². The summed E-state index contributed by atoms with van der Waals surface area (Å²) in [5, 5.41) is 3.56.